The van der Waals surface area contributed by atoms with Gasteiger partial charge >= 0.3 is 0 Å². The van der Waals surface area contributed by atoms with Crippen molar-refractivity contribution in [1.29, 1.82) is 0 Å². The number of hydrogen-bond acceptors (Lipinski definition) is 2. The molecule has 1 saturated carbocycles. The summed E-state index contributed by atoms with van der Waals surface area (Å²) >= 11 is 3.48. The minimum Gasteiger partial charge on any atom is -0.497 e. The normalized spacial score (nSPS) is 15.7. The van der Waals surface area contributed by atoms with Crippen LogP contribution >= 0.6 is 15.9 Å². The molecule has 1 unspecified atom stereocenters. The molecule has 0 saturated heterocycles. The largest absolute Gasteiger partial charge is 0.497 e. The van der Waals surface area contributed by atoms with Crippen molar-refractivity contribution < 1.29 is 4.74 Å². The van der Waals surface area contributed by atoms with Crippen molar-refractivity contribution >= 4 is 15.9 Å². The Morgan fingerprint density at radius 1 is 1.10 bits per heavy atom. The fourth-order valence-electron chi connectivity index (χ4n) is 2.63. The van der Waals surface area contributed by atoms with Crippen molar-refractivity contribution in [3.63, 3.8) is 0 Å². The molecule has 0 spiro atoms. The highest BCUT2D eigenvalue weighted by Crippen LogP contribution is 2.41. The van der Waals surface area contributed by atoms with Crippen LogP contribution in [-0.4, -0.2) is 7.11 Å². The molecule has 0 bridgehead atoms. The Balaban J connectivity index is 1.68. The van der Waals surface area contributed by atoms with Crippen molar-refractivity contribution in [2.75, 3.05) is 7.11 Å². The zero-order valence-corrected chi connectivity index (χ0v) is 13.8. The number of methoxy groups -OCH3 is 1. The lowest BCUT2D eigenvalue weighted by atomic mass is 10.0. The quantitative estimate of drug-likeness (QED) is 0.819. The molecule has 3 rings (SSSR count). The molecule has 1 aliphatic rings. The maximum atomic E-state index is 5.24. The predicted molar refractivity (Wildman–Crippen MR) is 89.4 cm³/mol. The first-order valence-corrected chi connectivity index (χ1v) is 8.17. The predicted octanol–water partition coefficient (Wildman–Crippen LogP) is 4.70. The van der Waals surface area contributed by atoms with Crippen molar-refractivity contribution in [3.05, 3.63) is 64.1 Å². The van der Waals surface area contributed by atoms with Gasteiger partial charge in [0, 0.05) is 17.1 Å². The Kier molecular flexibility index (Phi) is 4.61. The average Bonchev–Trinajstić information content (AvgIpc) is 3.35. The van der Waals surface area contributed by atoms with Crippen LogP contribution in [0.25, 0.3) is 0 Å². The number of hydrogen-bond donors (Lipinski definition) is 1. The SMILES string of the molecule is COc1ccc(C(NCc2ccc(Br)cc2)C2CC2)cc1. The van der Waals surface area contributed by atoms with E-state index in [1.807, 2.05) is 12.1 Å². The molecule has 2 nitrogen and oxygen atoms in total. The van der Waals surface area contributed by atoms with Gasteiger partial charge in [-0.3, -0.25) is 0 Å². The molecule has 0 amide bonds. The molecule has 0 aromatic heterocycles. The Morgan fingerprint density at radius 3 is 2.33 bits per heavy atom. The highest BCUT2D eigenvalue weighted by molar-refractivity contribution is 9.10. The molecule has 110 valence electrons. The minimum absolute atomic E-state index is 0.444. The van der Waals surface area contributed by atoms with Crippen molar-refractivity contribution in [3.8, 4) is 5.75 Å². The van der Waals surface area contributed by atoms with Gasteiger partial charge in [0.2, 0.25) is 0 Å². The van der Waals surface area contributed by atoms with E-state index in [0.717, 1.165) is 22.7 Å². The first kappa shape index (κ1) is 14.6. The van der Waals surface area contributed by atoms with Gasteiger partial charge in [0.25, 0.3) is 0 Å². The summed E-state index contributed by atoms with van der Waals surface area (Å²) < 4.78 is 6.37. The first-order chi connectivity index (χ1) is 10.3. The molecule has 0 heterocycles. The third kappa shape index (κ3) is 3.86. The summed E-state index contributed by atoms with van der Waals surface area (Å²) in [5.74, 6) is 1.69. The van der Waals surface area contributed by atoms with Gasteiger partial charge < -0.3 is 10.1 Å². The molecule has 21 heavy (non-hydrogen) atoms. The van der Waals surface area contributed by atoms with Gasteiger partial charge in [-0.15, -0.1) is 0 Å². The number of halogens is 1. The average molecular weight is 346 g/mol. The number of benzene rings is 2. The zero-order chi connectivity index (χ0) is 14.7. The Morgan fingerprint density at radius 2 is 1.76 bits per heavy atom. The molecular formula is C18H20BrNO. The molecule has 1 fully saturated rings. The summed E-state index contributed by atoms with van der Waals surface area (Å²) in [7, 11) is 1.71. The molecule has 3 heteroatoms. The van der Waals surface area contributed by atoms with E-state index in [2.05, 4.69) is 57.6 Å². The molecular weight excluding hydrogens is 326 g/mol. The van der Waals surface area contributed by atoms with Crippen molar-refractivity contribution in [2.24, 2.45) is 5.92 Å². The van der Waals surface area contributed by atoms with Crippen LogP contribution in [0, 0.1) is 5.92 Å². The first-order valence-electron chi connectivity index (χ1n) is 7.38. The van der Waals surface area contributed by atoms with E-state index in [-0.39, 0.29) is 0 Å². The van der Waals surface area contributed by atoms with Gasteiger partial charge in [-0.2, -0.15) is 0 Å². The number of ether oxygens (including phenoxy) is 1. The molecule has 2 aromatic carbocycles. The van der Waals surface area contributed by atoms with Gasteiger partial charge in [-0.1, -0.05) is 40.2 Å². The number of nitrogens with one attached hydrogen (secondary N) is 1. The van der Waals surface area contributed by atoms with E-state index in [1.54, 1.807) is 7.11 Å². The van der Waals surface area contributed by atoms with E-state index >= 15 is 0 Å². The molecule has 0 radical (unpaired) electrons. The number of rotatable bonds is 6. The maximum Gasteiger partial charge on any atom is 0.118 e. The highest BCUT2D eigenvalue weighted by atomic mass is 79.9. The van der Waals surface area contributed by atoms with Crippen LogP contribution in [0.4, 0.5) is 0 Å². The topological polar surface area (TPSA) is 21.3 Å². The van der Waals surface area contributed by atoms with Gasteiger partial charge in [-0.05, 0) is 54.2 Å². The van der Waals surface area contributed by atoms with Crippen LogP contribution in [0.5, 0.6) is 5.75 Å². The second-order valence-corrected chi connectivity index (χ2v) is 6.51. The molecule has 1 atom stereocenters. The van der Waals surface area contributed by atoms with Gasteiger partial charge in [0.15, 0.2) is 0 Å². The van der Waals surface area contributed by atoms with Crippen LogP contribution in [0.15, 0.2) is 53.0 Å². The van der Waals surface area contributed by atoms with E-state index in [9.17, 15) is 0 Å². The smallest absolute Gasteiger partial charge is 0.118 e. The van der Waals surface area contributed by atoms with Gasteiger partial charge in [-0.25, -0.2) is 0 Å². The second kappa shape index (κ2) is 6.63. The fourth-order valence-corrected chi connectivity index (χ4v) is 2.89. The zero-order valence-electron chi connectivity index (χ0n) is 12.2. The van der Waals surface area contributed by atoms with E-state index in [0.29, 0.717) is 6.04 Å². The lowest BCUT2D eigenvalue weighted by Gasteiger charge is -2.19. The van der Waals surface area contributed by atoms with Crippen LogP contribution in [0.3, 0.4) is 0 Å². The molecule has 2 aromatic rings. The van der Waals surface area contributed by atoms with Gasteiger partial charge in [0.1, 0.15) is 5.75 Å². The summed E-state index contributed by atoms with van der Waals surface area (Å²) in [6.07, 6.45) is 2.65. The summed E-state index contributed by atoms with van der Waals surface area (Å²) in [6, 6.07) is 17.4. The lowest BCUT2D eigenvalue weighted by molar-refractivity contribution is 0.413. The Labute approximate surface area is 134 Å². The Bertz CT molecular complexity index is 575. The van der Waals surface area contributed by atoms with Crippen molar-refractivity contribution in [1.82, 2.24) is 5.32 Å². The standard InChI is InChI=1S/C18H20BrNO/c1-21-17-10-6-15(7-11-17)18(14-4-5-14)20-12-13-2-8-16(19)9-3-13/h2-3,6-11,14,18,20H,4-5,12H2,1H3. The third-order valence-corrected chi connectivity index (χ3v) is 4.54. The van der Waals surface area contributed by atoms with Gasteiger partial charge in [0.05, 0.1) is 7.11 Å². The maximum absolute atomic E-state index is 5.24. The summed E-state index contributed by atoms with van der Waals surface area (Å²) in [6.45, 7) is 0.903. The minimum atomic E-state index is 0.444. The van der Waals surface area contributed by atoms with Crippen LogP contribution < -0.4 is 10.1 Å². The fraction of sp³-hybridized carbons (Fsp3) is 0.333. The Hall–Kier alpha value is -1.32. The summed E-state index contributed by atoms with van der Waals surface area (Å²) in [5.41, 5.74) is 2.67. The molecule has 1 aliphatic carbocycles. The highest BCUT2D eigenvalue weighted by Gasteiger charge is 2.31. The summed E-state index contributed by atoms with van der Waals surface area (Å²) in [4.78, 5) is 0. The van der Waals surface area contributed by atoms with Crippen LogP contribution in [0.2, 0.25) is 0 Å². The lowest BCUT2D eigenvalue weighted by Crippen LogP contribution is -2.22. The van der Waals surface area contributed by atoms with Crippen LogP contribution in [0.1, 0.15) is 30.0 Å². The monoisotopic (exact) mass is 345 g/mol. The van der Waals surface area contributed by atoms with Crippen molar-refractivity contribution in [2.45, 2.75) is 25.4 Å². The van der Waals surface area contributed by atoms with E-state index in [4.69, 9.17) is 4.74 Å². The second-order valence-electron chi connectivity index (χ2n) is 5.60. The summed E-state index contributed by atoms with van der Waals surface area (Å²) in [5, 5.41) is 3.72. The molecule has 1 N–H and O–H groups in total. The molecule has 0 aliphatic heterocycles. The van der Waals surface area contributed by atoms with E-state index in [1.165, 1.54) is 24.0 Å². The van der Waals surface area contributed by atoms with Crippen LogP contribution in [-0.2, 0) is 6.54 Å². The third-order valence-electron chi connectivity index (χ3n) is 4.01. The van der Waals surface area contributed by atoms with E-state index < -0.39 is 0 Å².